The summed E-state index contributed by atoms with van der Waals surface area (Å²) in [6, 6.07) is 8.94. The monoisotopic (exact) mass is 260 g/mol. The van der Waals surface area contributed by atoms with Crippen molar-refractivity contribution < 1.29 is 18.3 Å². The molecule has 0 radical (unpaired) electrons. The van der Waals surface area contributed by atoms with Crippen LogP contribution >= 0.6 is 0 Å². The first-order valence-electron chi connectivity index (χ1n) is 6.22. The summed E-state index contributed by atoms with van der Waals surface area (Å²) in [4.78, 5) is 0. The minimum Gasteiger partial charge on any atom is -0.385 e. The van der Waals surface area contributed by atoms with Crippen molar-refractivity contribution in [3.05, 3.63) is 35.9 Å². The van der Waals surface area contributed by atoms with Crippen LogP contribution < -0.4 is 0 Å². The average Bonchev–Trinajstić information content (AvgIpc) is 2.29. The predicted octanol–water partition coefficient (Wildman–Crippen LogP) is 4.41. The van der Waals surface area contributed by atoms with E-state index < -0.39 is 18.2 Å². The van der Waals surface area contributed by atoms with Crippen LogP contribution in [0.15, 0.2) is 30.3 Å². The number of alkyl halides is 3. The first kappa shape index (κ1) is 15.0. The summed E-state index contributed by atoms with van der Waals surface area (Å²) in [6.45, 7) is 1.91. The zero-order valence-corrected chi connectivity index (χ0v) is 10.5. The highest BCUT2D eigenvalue weighted by Gasteiger charge is 2.31. The molecule has 0 spiro atoms. The maximum Gasteiger partial charge on any atom is 0.389 e. The summed E-state index contributed by atoms with van der Waals surface area (Å²) in [7, 11) is 0. The summed E-state index contributed by atoms with van der Waals surface area (Å²) < 4.78 is 36.4. The summed E-state index contributed by atoms with van der Waals surface area (Å²) in [5, 5.41) is 10.5. The van der Waals surface area contributed by atoms with Gasteiger partial charge in [-0.1, -0.05) is 43.7 Å². The highest BCUT2D eigenvalue weighted by atomic mass is 19.4. The molecule has 1 unspecified atom stereocenters. The molecule has 0 aliphatic rings. The minimum absolute atomic E-state index is 0.0467. The van der Waals surface area contributed by atoms with E-state index in [0.717, 1.165) is 6.42 Å². The zero-order valence-electron chi connectivity index (χ0n) is 10.5. The highest BCUT2D eigenvalue weighted by molar-refractivity contribution is 5.22. The average molecular weight is 260 g/mol. The van der Waals surface area contributed by atoms with Crippen LogP contribution in [0.3, 0.4) is 0 Å². The van der Waals surface area contributed by atoms with Crippen LogP contribution in [-0.2, 0) is 5.60 Å². The Hall–Kier alpha value is -1.03. The molecule has 0 aliphatic carbocycles. The smallest absolute Gasteiger partial charge is 0.385 e. The first-order valence-corrected chi connectivity index (χ1v) is 6.22. The largest absolute Gasteiger partial charge is 0.389 e. The molecule has 0 saturated heterocycles. The van der Waals surface area contributed by atoms with Crippen molar-refractivity contribution in [3.8, 4) is 0 Å². The molecule has 1 aromatic carbocycles. The summed E-state index contributed by atoms with van der Waals surface area (Å²) in [5.74, 6) is 0. The minimum atomic E-state index is -4.15. The molecule has 0 aromatic heterocycles. The van der Waals surface area contributed by atoms with Crippen LogP contribution in [0.1, 0.15) is 44.6 Å². The van der Waals surface area contributed by atoms with Gasteiger partial charge in [0.25, 0.3) is 0 Å². The molecule has 0 heterocycles. The van der Waals surface area contributed by atoms with Crippen molar-refractivity contribution in [2.45, 2.75) is 50.8 Å². The Morgan fingerprint density at radius 1 is 1.00 bits per heavy atom. The van der Waals surface area contributed by atoms with E-state index in [1.165, 1.54) is 0 Å². The van der Waals surface area contributed by atoms with E-state index in [2.05, 4.69) is 0 Å². The first-order chi connectivity index (χ1) is 8.37. The van der Waals surface area contributed by atoms with Gasteiger partial charge in [0.2, 0.25) is 0 Å². The standard InChI is InChI=1S/C14H19F3O/c1-2-9-13(18,10-6-11-14(15,16)17)12-7-4-3-5-8-12/h3-5,7-8,18H,2,6,9-11H2,1H3. The Labute approximate surface area is 106 Å². The molecule has 102 valence electrons. The van der Waals surface area contributed by atoms with E-state index >= 15 is 0 Å². The molecule has 0 amide bonds. The van der Waals surface area contributed by atoms with Crippen molar-refractivity contribution in [3.63, 3.8) is 0 Å². The molecular formula is C14H19F3O. The molecule has 0 bridgehead atoms. The Bertz CT molecular complexity index is 348. The fraction of sp³-hybridized carbons (Fsp3) is 0.571. The maximum atomic E-state index is 12.1. The summed E-state index contributed by atoms with van der Waals surface area (Å²) in [5.41, 5.74) is -0.435. The predicted molar refractivity (Wildman–Crippen MR) is 65.2 cm³/mol. The van der Waals surface area contributed by atoms with Crippen molar-refractivity contribution >= 4 is 0 Å². The van der Waals surface area contributed by atoms with Gasteiger partial charge in [-0.3, -0.25) is 0 Å². The lowest BCUT2D eigenvalue weighted by atomic mass is 9.85. The third kappa shape index (κ3) is 4.69. The van der Waals surface area contributed by atoms with E-state index in [1.807, 2.05) is 13.0 Å². The molecule has 4 heteroatoms. The fourth-order valence-corrected chi connectivity index (χ4v) is 2.16. The van der Waals surface area contributed by atoms with E-state index in [0.29, 0.717) is 12.0 Å². The van der Waals surface area contributed by atoms with Gasteiger partial charge in [0.05, 0.1) is 5.60 Å². The lowest BCUT2D eigenvalue weighted by molar-refractivity contribution is -0.138. The Morgan fingerprint density at radius 3 is 2.11 bits per heavy atom. The third-order valence-electron chi connectivity index (χ3n) is 3.03. The van der Waals surface area contributed by atoms with Gasteiger partial charge in [0.15, 0.2) is 0 Å². The van der Waals surface area contributed by atoms with Gasteiger partial charge in [0.1, 0.15) is 0 Å². The molecule has 0 saturated carbocycles. The van der Waals surface area contributed by atoms with E-state index in [4.69, 9.17) is 0 Å². The van der Waals surface area contributed by atoms with Crippen molar-refractivity contribution in [1.82, 2.24) is 0 Å². The summed E-state index contributed by atoms with van der Waals surface area (Å²) in [6.07, 6.45) is -3.68. The van der Waals surface area contributed by atoms with E-state index in [-0.39, 0.29) is 12.8 Å². The van der Waals surface area contributed by atoms with E-state index in [1.54, 1.807) is 24.3 Å². The number of hydrogen-bond donors (Lipinski definition) is 1. The maximum absolute atomic E-state index is 12.1. The van der Waals surface area contributed by atoms with Gasteiger partial charge >= 0.3 is 6.18 Å². The van der Waals surface area contributed by atoms with Crippen LogP contribution in [0.25, 0.3) is 0 Å². The van der Waals surface area contributed by atoms with Gasteiger partial charge in [-0.25, -0.2) is 0 Å². The van der Waals surface area contributed by atoms with Gasteiger partial charge < -0.3 is 5.11 Å². The van der Waals surface area contributed by atoms with Gasteiger partial charge in [0, 0.05) is 6.42 Å². The van der Waals surface area contributed by atoms with Crippen molar-refractivity contribution in [2.24, 2.45) is 0 Å². The van der Waals surface area contributed by atoms with Gasteiger partial charge in [-0.2, -0.15) is 13.2 Å². The number of halogens is 3. The molecule has 0 fully saturated rings. The van der Waals surface area contributed by atoms with Crippen LogP contribution in [0.5, 0.6) is 0 Å². The topological polar surface area (TPSA) is 20.2 Å². The molecule has 1 nitrogen and oxygen atoms in total. The second-order valence-electron chi connectivity index (χ2n) is 4.62. The molecule has 1 aromatic rings. The number of hydrogen-bond acceptors (Lipinski definition) is 1. The van der Waals surface area contributed by atoms with Gasteiger partial charge in [-0.15, -0.1) is 0 Å². The highest BCUT2D eigenvalue weighted by Crippen LogP contribution is 2.34. The van der Waals surface area contributed by atoms with Gasteiger partial charge in [-0.05, 0) is 24.8 Å². The lowest BCUT2D eigenvalue weighted by Gasteiger charge is -2.28. The SMILES string of the molecule is CCCC(O)(CCCC(F)(F)F)c1ccccc1. The number of rotatable bonds is 6. The van der Waals surface area contributed by atoms with Crippen LogP contribution in [0, 0.1) is 0 Å². The Morgan fingerprint density at radius 2 is 1.61 bits per heavy atom. The number of benzene rings is 1. The Balaban J connectivity index is 2.69. The van der Waals surface area contributed by atoms with Crippen LogP contribution in [0.2, 0.25) is 0 Å². The molecule has 0 aliphatic heterocycles. The lowest BCUT2D eigenvalue weighted by Crippen LogP contribution is -2.26. The van der Waals surface area contributed by atoms with E-state index in [9.17, 15) is 18.3 Å². The molecule has 1 N–H and O–H groups in total. The molecule has 1 rings (SSSR count). The van der Waals surface area contributed by atoms with Crippen LogP contribution in [-0.4, -0.2) is 11.3 Å². The Kier molecular flexibility index (Phi) is 5.20. The molecular weight excluding hydrogens is 241 g/mol. The van der Waals surface area contributed by atoms with Crippen LogP contribution in [0.4, 0.5) is 13.2 Å². The van der Waals surface area contributed by atoms with Crippen molar-refractivity contribution in [1.29, 1.82) is 0 Å². The van der Waals surface area contributed by atoms with Crippen molar-refractivity contribution in [2.75, 3.05) is 0 Å². The second-order valence-corrected chi connectivity index (χ2v) is 4.62. The summed E-state index contributed by atoms with van der Waals surface area (Å²) >= 11 is 0. The quantitative estimate of drug-likeness (QED) is 0.803. The normalized spacial score (nSPS) is 15.4. The fourth-order valence-electron chi connectivity index (χ4n) is 2.16. The number of aliphatic hydroxyl groups is 1. The second kappa shape index (κ2) is 6.23. The zero-order chi connectivity index (χ0) is 13.6. The third-order valence-corrected chi connectivity index (χ3v) is 3.03. The molecule has 18 heavy (non-hydrogen) atoms. The molecule has 1 atom stereocenters.